The number of aryl methyl sites for hydroxylation is 1. The summed E-state index contributed by atoms with van der Waals surface area (Å²) in [6.07, 6.45) is 0.586. The van der Waals surface area contributed by atoms with E-state index in [-0.39, 0.29) is 0 Å². The molecule has 154 valence electrons. The van der Waals surface area contributed by atoms with Gasteiger partial charge in [-0.15, -0.1) is 0 Å². The fraction of sp³-hybridized carbons (Fsp3) is 0.154. The molecule has 0 amide bonds. The molecule has 0 bridgehead atoms. The van der Waals surface area contributed by atoms with Crippen molar-refractivity contribution in [2.24, 2.45) is 0 Å². The van der Waals surface area contributed by atoms with E-state index >= 15 is 0 Å². The maximum atomic E-state index is 13.5. The summed E-state index contributed by atoms with van der Waals surface area (Å²) in [4.78, 5) is 0.306. The van der Waals surface area contributed by atoms with Crippen LogP contribution in [0.1, 0.15) is 29.2 Å². The number of rotatable bonds is 2. The fourth-order valence-electron chi connectivity index (χ4n) is 4.09. The topological polar surface area (TPSA) is 46.6 Å². The summed E-state index contributed by atoms with van der Waals surface area (Å²) in [6, 6.07) is 23.9. The molecule has 3 aromatic rings. The highest BCUT2D eigenvalue weighted by molar-refractivity contribution is 7.89. The Balaban J connectivity index is 1.60. The average Bonchev–Trinajstić information content (AvgIpc) is 3.25. The van der Waals surface area contributed by atoms with E-state index in [9.17, 15) is 8.42 Å². The predicted octanol–water partition coefficient (Wildman–Crippen LogP) is 4.83. The number of sulfonamides is 1. The van der Waals surface area contributed by atoms with Crippen LogP contribution in [-0.4, -0.2) is 19.3 Å². The second kappa shape index (κ2) is 7.73. The van der Waals surface area contributed by atoms with E-state index in [4.69, 9.17) is 4.74 Å². The van der Waals surface area contributed by atoms with Crippen LogP contribution in [0.15, 0.2) is 95.1 Å². The van der Waals surface area contributed by atoms with Gasteiger partial charge in [0.05, 0.1) is 10.9 Å². The van der Waals surface area contributed by atoms with Gasteiger partial charge >= 0.3 is 0 Å². The van der Waals surface area contributed by atoms with Crippen LogP contribution >= 0.6 is 0 Å². The standard InChI is InChI=1S/C26H21NO3S/c1-19-11-14-21(15-12-19)31(28,29)27-18-17-23-25(16-13-20-7-3-2-4-8-20)30-24-10-6-5-9-22(24)26(23)27/h2-12,14-15,26H,17-18H2,1H3/t26-/m1/s1. The van der Waals surface area contributed by atoms with Crippen LogP contribution in [0.25, 0.3) is 0 Å². The minimum absolute atomic E-state index is 0.306. The summed E-state index contributed by atoms with van der Waals surface area (Å²) in [7, 11) is -3.66. The van der Waals surface area contributed by atoms with Crippen molar-refractivity contribution in [2.75, 3.05) is 6.54 Å². The van der Waals surface area contributed by atoms with Crippen molar-refractivity contribution in [1.82, 2.24) is 4.31 Å². The quantitative estimate of drug-likeness (QED) is 0.551. The van der Waals surface area contributed by atoms with Crippen molar-refractivity contribution >= 4 is 10.0 Å². The van der Waals surface area contributed by atoms with Crippen molar-refractivity contribution in [3.05, 3.63) is 107 Å². The monoisotopic (exact) mass is 427 g/mol. The number of fused-ring (bicyclic) bond motifs is 3. The summed E-state index contributed by atoms with van der Waals surface area (Å²) in [5.41, 5.74) is 3.68. The van der Waals surface area contributed by atoms with E-state index in [2.05, 4.69) is 11.8 Å². The minimum atomic E-state index is -3.66. The van der Waals surface area contributed by atoms with E-state index in [1.165, 1.54) is 0 Å². The summed E-state index contributed by atoms with van der Waals surface area (Å²) in [5.74, 6) is 7.51. The molecule has 0 saturated carbocycles. The molecule has 0 aliphatic carbocycles. The molecular weight excluding hydrogens is 406 g/mol. The first-order valence-electron chi connectivity index (χ1n) is 10.2. The largest absolute Gasteiger partial charge is 0.448 e. The van der Waals surface area contributed by atoms with Crippen molar-refractivity contribution in [2.45, 2.75) is 24.3 Å². The van der Waals surface area contributed by atoms with Crippen LogP contribution in [0.5, 0.6) is 5.75 Å². The number of nitrogens with zero attached hydrogens (tertiary/aromatic N) is 1. The van der Waals surface area contributed by atoms with E-state index in [0.29, 0.717) is 29.4 Å². The summed E-state index contributed by atoms with van der Waals surface area (Å²) >= 11 is 0. The van der Waals surface area contributed by atoms with Gasteiger partial charge in [0.2, 0.25) is 10.0 Å². The predicted molar refractivity (Wildman–Crippen MR) is 120 cm³/mol. The zero-order valence-electron chi connectivity index (χ0n) is 17.1. The SMILES string of the molecule is Cc1ccc(S(=O)(=O)N2CCC3=C(C#Cc4ccccc4)Oc4ccccc4[C@H]32)cc1. The maximum Gasteiger partial charge on any atom is 0.243 e. The Kier molecular flexibility index (Phi) is 4.90. The van der Waals surface area contributed by atoms with Crippen LogP contribution in [-0.2, 0) is 10.0 Å². The number of para-hydroxylation sites is 1. The van der Waals surface area contributed by atoms with Crippen LogP contribution in [0.4, 0.5) is 0 Å². The third kappa shape index (κ3) is 3.54. The van der Waals surface area contributed by atoms with Gasteiger partial charge in [0, 0.05) is 23.2 Å². The Morgan fingerprint density at radius 2 is 1.61 bits per heavy atom. The van der Waals surface area contributed by atoms with E-state index in [0.717, 1.165) is 22.3 Å². The van der Waals surface area contributed by atoms with Crippen LogP contribution in [0.3, 0.4) is 0 Å². The minimum Gasteiger partial charge on any atom is -0.448 e. The molecule has 0 N–H and O–H groups in total. The van der Waals surface area contributed by atoms with Crippen molar-refractivity contribution in [3.63, 3.8) is 0 Å². The van der Waals surface area contributed by atoms with Gasteiger partial charge in [-0.05, 0) is 49.6 Å². The maximum absolute atomic E-state index is 13.5. The molecule has 0 unspecified atom stereocenters. The van der Waals surface area contributed by atoms with E-state index < -0.39 is 16.1 Å². The van der Waals surface area contributed by atoms with Crippen LogP contribution in [0.2, 0.25) is 0 Å². The lowest BCUT2D eigenvalue weighted by molar-refractivity contribution is 0.365. The molecule has 0 aromatic heterocycles. The number of ether oxygens (including phenoxy) is 1. The molecule has 3 aromatic carbocycles. The lowest BCUT2D eigenvalue weighted by Gasteiger charge is -2.30. The second-order valence-corrected chi connectivity index (χ2v) is 9.58. The van der Waals surface area contributed by atoms with Gasteiger partial charge < -0.3 is 4.74 Å². The van der Waals surface area contributed by atoms with Crippen molar-refractivity contribution in [3.8, 4) is 17.6 Å². The lowest BCUT2D eigenvalue weighted by atomic mass is 9.96. The first-order valence-corrected chi connectivity index (χ1v) is 11.6. The summed E-state index contributed by atoms with van der Waals surface area (Å²) < 4.78 is 34.8. The average molecular weight is 428 g/mol. The number of hydrogen-bond donors (Lipinski definition) is 0. The number of allylic oxidation sites excluding steroid dienone is 1. The smallest absolute Gasteiger partial charge is 0.243 e. The molecule has 2 aliphatic rings. The summed E-state index contributed by atoms with van der Waals surface area (Å²) in [6.45, 7) is 2.34. The molecule has 5 heteroatoms. The Morgan fingerprint density at radius 1 is 0.903 bits per heavy atom. The molecule has 4 nitrogen and oxygen atoms in total. The summed E-state index contributed by atoms with van der Waals surface area (Å²) in [5, 5.41) is 0. The van der Waals surface area contributed by atoms with Gasteiger partial charge in [0.1, 0.15) is 5.75 Å². The zero-order valence-corrected chi connectivity index (χ0v) is 17.9. The van der Waals surface area contributed by atoms with Crippen molar-refractivity contribution in [1.29, 1.82) is 0 Å². The molecule has 2 aliphatic heterocycles. The Morgan fingerprint density at radius 3 is 2.39 bits per heavy atom. The molecule has 1 atom stereocenters. The van der Waals surface area contributed by atoms with Gasteiger partial charge in [-0.1, -0.05) is 60.0 Å². The normalized spacial score (nSPS) is 17.9. The fourth-order valence-corrected chi connectivity index (χ4v) is 5.69. The van der Waals surface area contributed by atoms with E-state index in [1.54, 1.807) is 16.4 Å². The first kappa shape index (κ1) is 19.6. The second-order valence-electron chi connectivity index (χ2n) is 7.69. The Bertz CT molecular complexity index is 1330. The van der Waals surface area contributed by atoms with Gasteiger partial charge in [-0.25, -0.2) is 8.42 Å². The van der Waals surface area contributed by atoms with Gasteiger partial charge in [0.15, 0.2) is 5.76 Å². The highest BCUT2D eigenvalue weighted by atomic mass is 32.2. The molecule has 1 fully saturated rings. The molecular formula is C26H21NO3S. The Labute approximate surface area is 182 Å². The lowest BCUT2D eigenvalue weighted by Crippen LogP contribution is -2.32. The first-order chi connectivity index (χ1) is 15.0. The molecule has 0 spiro atoms. The molecule has 31 heavy (non-hydrogen) atoms. The van der Waals surface area contributed by atoms with Gasteiger partial charge in [0.25, 0.3) is 0 Å². The molecule has 0 radical (unpaired) electrons. The Hall–Kier alpha value is -3.33. The van der Waals surface area contributed by atoms with Gasteiger partial charge in [-0.2, -0.15) is 4.31 Å². The highest BCUT2D eigenvalue weighted by Crippen LogP contribution is 2.48. The molecule has 2 heterocycles. The third-order valence-corrected chi connectivity index (χ3v) is 7.54. The van der Waals surface area contributed by atoms with Crippen LogP contribution < -0.4 is 4.74 Å². The van der Waals surface area contributed by atoms with Crippen molar-refractivity contribution < 1.29 is 13.2 Å². The van der Waals surface area contributed by atoms with Crippen LogP contribution in [0, 0.1) is 18.8 Å². The molecule has 5 rings (SSSR count). The third-order valence-electron chi connectivity index (χ3n) is 5.66. The highest BCUT2D eigenvalue weighted by Gasteiger charge is 2.44. The zero-order chi connectivity index (χ0) is 21.4. The van der Waals surface area contributed by atoms with Gasteiger partial charge in [-0.3, -0.25) is 0 Å². The number of hydrogen-bond acceptors (Lipinski definition) is 3. The van der Waals surface area contributed by atoms with E-state index in [1.807, 2.05) is 73.7 Å². The molecule has 1 saturated heterocycles. The number of benzene rings is 3.